The lowest BCUT2D eigenvalue weighted by atomic mass is 10.0. The van der Waals surface area contributed by atoms with Gasteiger partial charge >= 0.3 is 0 Å². The van der Waals surface area contributed by atoms with Crippen LogP contribution in [0.5, 0.6) is 0 Å². The highest BCUT2D eigenvalue weighted by Gasteiger charge is 2.06. The van der Waals surface area contributed by atoms with Gasteiger partial charge in [0.15, 0.2) is 0 Å². The maximum Gasteiger partial charge on any atom is 0.0712 e. The maximum atomic E-state index is 4.82. The van der Waals surface area contributed by atoms with Crippen LogP contribution in [0.15, 0.2) is 78.9 Å². The first-order chi connectivity index (χ1) is 12.8. The Labute approximate surface area is 154 Å². The summed E-state index contributed by atoms with van der Waals surface area (Å²) in [6, 6.07) is 28.2. The van der Waals surface area contributed by atoms with Gasteiger partial charge in [-0.25, -0.2) is 4.98 Å². The van der Waals surface area contributed by atoms with Crippen LogP contribution in [0, 0.1) is 0 Å². The number of para-hydroxylation sites is 1. The third-order valence-corrected chi connectivity index (χ3v) is 4.92. The molecule has 130 valence electrons. The molecule has 1 atom stereocenters. The molecule has 4 rings (SSSR count). The van der Waals surface area contributed by atoms with Crippen LogP contribution < -0.4 is 5.32 Å². The Balaban J connectivity index is 1.46. The first-order valence-corrected chi connectivity index (χ1v) is 9.34. The number of benzene rings is 3. The minimum absolute atomic E-state index is 0.464. The fourth-order valence-corrected chi connectivity index (χ4v) is 3.57. The minimum atomic E-state index is 0.464. The van der Waals surface area contributed by atoms with Gasteiger partial charge in [0, 0.05) is 16.8 Å². The molecule has 0 aliphatic carbocycles. The number of rotatable bonds is 6. The second kappa shape index (κ2) is 7.67. The van der Waals surface area contributed by atoms with E-state index in [4.69, 9.17) is 4.98 Å². The average Bonchev–Trinajstić information content (AvgIpc) is 2.67. The van der Waals surface area contributed by atoms with E-state index in [-0.39, 0.29) is 0 Å². The van der Waals surface area contributed by atoms with Crippen molar-refractivity contribution < 1.29 is 0 Å². The quantitative estimate of drug-likeness (QED) is 0.491. The smallest absolute Gasteiger partial charge is 0.0712 e. The highest BCUT2D eigenvalue weighted by atomic mass is 14.9. The third-order valence-electron chi connectivity index (χ3n) is 4.92. The molecule has 1 aromatic heterocycles. The van der Waals surface area contributed by atoms with Gasteiger partial charge in [0.25, 0.3) is 0 Å². The SMILES string of the molecule is CC(Cc1ccccc1)NCCc1cccc2nc3ccccc3cc12. The van der Waals surface area contributed by atoms with Crippen molar-refractivity contribution >= 4 is 21.8 Å². The summed E-state index contributed by atoms with van der Waals surface area (Å²) in [6.45, 7) is 3.23. The first-order valence-electron chi connectivity index (χ1n) is 9.34. The molecule has 0 saturated carbocycles. The lowest BCUT2D eigenvalue weighted by Crippen LogP contribution is -2.30. The molecule has 0 amide bonds. The van der Waals surface area contributed by atoms with E-state index in [1.165, 1.54) is 21.9 Å². The predicted octanol–water partition coefficient (Wildman–Crippen LogP) is 5.15. The van der Waals surface area contributed by atoms with Crippen LogP contribution in [0.25, 0.3) is 21.8 Å². The lowest BCUT2D eigenvalue weighted by molar-refractivity contribution is 0.549. The summed E-state index contributed by atoms with van der Waals surface area (Å²) >= 11 is 0. The summed E-state index contributed by atoms with van der Waals surface area (Å²) in [5, 5.41) is 6.13. The number of hydrogen-bond acceptors (Lipinski definition) is 2. The molecule has 3 aromatic carbocycles. The highest BCUT2D eigenvalue weighted by Crippen LogP contribution is 2.23. The van der Waals surface area contributed by atoms with Crippen molar-refractivity contribution in [2.45, 2.75) is 25.8 Å². The molecule has 0 aliphatic rings. The Bertz CT molecular complexity index is 1010. The van der Waals surface area contributed by atoms with Gasteiger partial charge in [0.2, 0.25) is 0 Å². The van der Waals surface area contributed by atoms with Crippen molar-refractivity contribution in [3.05, 3.63) is 90.0 Å². The van der Waals surface area contributed by atoms with Crippen LogP contribution in [0.2, 0.25) is 0 Å². The molecule has 26 heavy (non-hydrogen) atoms. The Morgan fingerprint density at radius 2 is 1.62 bits per heavy atom. The van der Waals surface area contributed by atoms with Crippen molar-refractivity contribution in [3.63, 3.8) is 0 Å². The summed E-state index contributed by atoms with van der Waals surface area (Å²) in [4.78, 5) is 4.82. The minimum Gasteiger partial charge on any atom is -0.314 e. The Morgan fingerprint density at radius 3 is 2.50 bits per heavy atom. The van der Waals surface area contributed by atoms with Crippen molar-refractivity contribution in [1.29, 1.82) is 0 Å². The molecule has 1 N–H and O–H groups in total. The van der Waals surface area contributed by atoms with Crippen molar-refractivity contribution in [2.24, 2.45) is 0 Å². The summed E-state index contributed by atoms with van der Waals surface area (Å²) < 4.78 is 0. The van der Waals surface area contributed by atoms with E-state index in [1.54, 1.807) is 0 Å². The van der Waals surface area contributed by atoms with Crippen LogP contribution in [0.4, 0.5) is 0 Å². The summed E-state index contributed by atoms with van der Waals surface area (Å²) in [7, 11) is 0. The molecule has 0 spiro atoms. The zero-order valence-electron chi connectivity index (χ0n) is 15.2. The molecule has 0 radical (unpaired) electrons. The third kappa shape index (κ3) is 3.76. The normalized spacial score (nSPS) is 12.5. The fraction of sp³-hybridized carbons (Fsp3) is 0.208. The van der Waals surface area contributed by atoms with Gasteiger partial charge in [-0.15, -0.1) is 0 Å². The second-order valence-electron chi connectivity index (χ2n) is 6.96. The molecular formula is C24H24N2. The Hall–Kier alpha value is -2.71. The zero-order chi connectivity index (χ0) is 17.8. The van der Waals surface area contributed by atoms with Gasteiger partial charge in [-0.05, 0) is 55.6 Å². The van der Waals surface area contributed by atoms with E-state index in [0.29, 0.717) is 6.04 Å². The molecule has 0 saturated heterocycles. The topological polar surface area (TPSA) is 24.9 Å². The number of aromatic nitrogens is 1. The first kappa shape index (κ1) is 16.7. The molecule has 0 aliphatic heterocycles. The van der Waals surface area contributed by atoms with Gasteiger partial charge in [-0.2, -0.15) is 0 Å². The van der Waals surface area contributed by atoms with Crippen molar-refractivity contribution in [3.8, 4) is 0 Å². The summed E-state index contributed by atoms with van der Waals surface area (Å²) in [6.07, 6.45) is 2.07. The standard InChI is InChI=1S/C24H24N2/c1-18(16-19-8-3-2-4-9-19)25-15-14-20-11-7-13-24-22(20)17-21-10-5-6-12-23(21)26-24/h2-13,17-18,25H,14-16H2,1H3. The second-order valence-corrected chi connectivity index (χ2v) is 6.96. The van der Waals surface area contributed by atoms with E-state index in [2.05, 4.69) is 85.0 Å². The molecule has 2 nitrogen and oxygen atoms in total. The molecule has 2 heteroatoms. The van der Waals surface area contributed by atoms with E-state index < -0.39 is 0 Å². The molecule has 0 bridgehead atoms. The molecule has 0 fully saturated rings. The molecule has 1 heterocycles. The predicted molar refractivity (Wildman–Crippen MR) is 111 cm³/mol. The average molecular weight is 340 g/mol. The monoisotopic (exact) mass is 340 g/mol. The molecule has 1 unspecified atom stereocenters. The zero-order valence-corrected chi connectivity index (χ0v) is 15.2. The Morgan fingerprint density at radius 1 is 0.846 bits per heavy atom. The highest BCUT2D eigenvalue weighted by molar-refractivity contribution is 5.94. The van der Waals surface area contributed by atoms with Crippen LogP contribution in [-0.4, -0.2) is 17.6 Å². The number of nitrogens with zero attached hydrogens (tertiary/aromatic N) is 1. The summed E-state index contributed by atoms with van der Waals surface area (Å²) in [5.74, 6) is 0. The van der Waals surface area contributed by atoms with Crippen LogP contribution in [0.3, 0.4) is 0 Å². The van der Waals surface area contributed by atoms with E-state index in [9.17, 15) is 0 Å². The fourth-order valence-electron chi connectivity index (χ4n) is 3.57. The van der Waals surface area contributed by atoms with Crippen LogP contribution in [0.1, 0.15) is 18.1 Å². The molecule has 4 aromatic rings. The van der Waals surface area contributed by atoms with Crippen molar-refractivity contribution in [2.75, 3.05) is 6.54 Å². The number of hydrogen-bond donors (Lipinski definition) is 1. The van der Waals surface area contributed by atoms with Gasteiger partial charge in [0.05, 0.1) is 11.0 Å². The lowest BCUT2D eigenvalue weighted by Gasteiger charge is -2.14. The van der Waals surface area contributed by atoms with Crippen LogP contribution >= 0.6 is 0 Å². The van der Waals surface area contributed by atoms with E-state index in [0.717, 1.165) is 30.4 Å². The summed E-state index contributed by atoms with van der Waals surface area (Å²) in [5.41, 5.74) is 4.89. The number of fused-ring (bicyclic) bond motifs is 2. The van der Waals surface area contributed by atoms with E-state index in [1.807, 2.05) is 6.07 Å². The van der Waals surface area contributed by atoms with Crippen molar-refractivity contribution in [1.82, 2.24) is 10.3 Å². The van der Waals surface area contributed by atoms with Gasteiger partial charge in [-0.1, -0.05) is 60.7 Å². The maximum absolute atomic E-state index is 4.82. The largest absolute Gasteiger partial charge is 0.314 e. The number of nitrogens with one attached hydrogen (secondary N) is 1. The van der Waals surface area contributed by atoms with Gasteiger partial charge in [0.1, 0.15) is 0 Å². The van der Waals surface area contributed by atoms with Gasteiger partial charge in [-0.3, -0.25) is 0 Å². The molecular weight excluding hydrogens is 316 g/mol. The number of pyridine rings is 1. The Kier molecular flexibility index (Phi) is 4.94. The van der Waals surface area contributed by atoms with E-state index >= 15 is 0 Å². The van der Waals surface area contributed by atoms with Gasteiger partial charge < -0.3 is 5.32 Å². The van der Waals surface area contributed by atoms with Crippen LogP contribution in [-0.2, 0) is 12.8 Å².